The van der Waals surface area contributed by atoms with E-state index < -0.39 is 7.29 Å². The molecule has 3 heteroatoms. The van der Waals surface area contributed by atoms with E-state index in [0.29, 0.717) is 12.1 Å². The second-order valence-electron chi connectivity index (χ2n) is 5.70. The lowest BCUT2D eigenvalue weighted by molar-refractivity contribution is 0.553. The van der Waals surface area contributed by atoms with Crippen LogP contribution in [0, 0.1) is 0 Å². The minimum atomic E-state index is -2.70. The van der Waals surface area contributed by atoms with Crippen LogP contribution in [0.5, 0.6) is 0 Å². The van der Waals surface area contributed by atoms with E-state index in [9.17, 15) is 4.57 Å². The zero-order valence-corrected chi connectivity index (χ0v) is 12.7. The molecule has 0 aromatic heterocycles. The van der Waals surface area contributed by atoms with E-state index in [-0.39, 0.29) is 0 Å². The summed E-state index contributed by atoms with van der Waals surface area (Å²) < 4.78 is 16.3. The average molecular weight is 295 g/mol. The highest BCUT2D eigenvalue weighted by molar-refractivity contribution is 7.76. The van der Waals surface area contributed by atoms with Gasteiger partial charge in [0.2, 0.25) is 7.29 Å². The summed E-state index contributed by atoms with van der Waals surface area (Å²) in [5.74, 6) is 0. The van der Waals surface area contributed by atoms with E-state index in [0.717, 1.165) is 23.5 Å². The van der Waals surface area contributed by atoms with Crippen LogP contribution < -0.4 is 10.6 Å². The summed E-state index contributed by atoms with van der Waals surface area (Å²) in [6.45, 7) is 0. The summed E-state index contributed by atoms with van der Waals surface area (Å²) in [4.78, 5) is 0. The van der Waals surface area contributed by atoms with Crippen LogP contribution in [0.25, 0.3) is 0 Å². The maximum absolute atomic E-state index is 14.0. The predicted molar refractivity (Wildman–Crippen MR) is 87.5 cm³/mol. The Hall–Kier alpha value is -1.63. The Kier molecular flexibility index (Phi) is 3.10. The van der Waals surface area contributed by atoms with E-state index in [2.05, 4.69) is 16.8 Å². The quantitative estimate of drug-likeness (QED) is 0.492. The Morgan fingerprint density at radius 2 is 1.19 bits per heavy atom. The molecule has 2 aromatic carbocycles. The Morgan fingerprint density at radius 1 is 0.762 bits per heavy atom. The lowest BCUT2D eigenvalue weighted by Gasteiger charge is -2.21. The lowest BCUT2D eigenvalue weighted by atomic mass is 10.1. The van der Waals surface area contributed by atoms with Gasteiger partial charge in [-0.05, 0) is 37.1 Å². The molecular formula is C18H18NOP. The van der Waals surface area contributed by atoms with Crippen LogP contribution in [0.15, 0.2) is 72.8 Å². The Morgan fingerprint density at radius 3 is 1.62 bits per heavy atom. The summed E-state index contributed by atoms with van der Waals surface area (Å²) in [6.07, 6.45) is 6.49. The van der Waals surface area contributed by atoms with E-state index in [1.54, 1.807) is 0 Å². The van der Waals surface area contributed by atoms with Gasteiger partial charge in [-0.1, -0.05) is 48.6 Å². The van der Waals surface area contributed by atoms with Gasteiger partial charge >= 0.3 is 0 Å². The molecule has 106 valence electrons. The van der Waals surface area contributed by atoms with Gasteiger partial charge in [0.1, 0.15) is 0 Å². The van der Waals surface area contributed by atoms with Crippen molar-refractivity contribution in [2.45, 2.75) is 24.9 Å². The fourth-order valence-corrected chi connectivity index (χ4v) is 6.67. The fourth-order valence-electron chi connectivity index (χ4n) is 3.42. The zero-order valence-electron chi connectivity index (χ0n) is 11.8. The first-order valence-corrected chi connectivity index (χ1v) is 9.13. The van der Waals surface area contributed by atoms with Gasteiger partial charge in [0.05, 0.1) is 0 Å². The molecule has 2 atom stereocenters. The molecule has 0 saturated carbocycles. The van der Waals surface area contributed by atoms with Crippen LogP contribution in [0.4, 0.5) is 0 Å². The Labute approximate surface area is 125 Å². The van der Waals surface area contributed by atoms with E-state index >= 15 is 0 Å². The molecule has 1 saturated heterocycles. The van der Waals surface area contributed by atoms with Crippen LogP contribution in [0.2, 0.25) is 0 Å². The number of fused-ring (bicyclic) bond motifs is 1. The van der Waals surface area contributed by atoms with Crippen LogP contribution in [0.3, 0.4) is 0 Å². The Bertz CT molecular complexity index is 653. The summed E-state index contributed by atoms with van der Waals surface area (Å²) in [6, 6.07) is 20.8. The fraction of sp³-hybridized carbons (Fsp3) is 0.222. The lowest BCUT2D eigenvalue weighted by Crippen LogP contribution is -2.23. The first-order chi connectivity index (χ1) is 10.3. The van der Waals surface area contributed by atoms with Crippen molar-refractivity contribution < 1.29 is 4.57 Å². The van der Waals surface area contributed by atoms with Crippen LogP contribution in [0.1, 0.15) is 12.8 Å². The highest BCUT2D eigenvalue weighted by Gasteiger charge is 2.57. The molecule has 0 amide bonds. The van der Waals surface area contributed by atoms with Gasteiger partial charge in [-0.3, -0.25) is 4.57 Å². The monoisotopic (exact) mass is 295 g/mol. The third kappa shape index (κ3) is 2.02. The van der Waals surface area contributed by atoms with E-state index in [1.807, 2.05) is 60.7 Å². The van der Waals surface area contributed by atoms with E-state index in [1.165, 1.54) is 0 Å². The van der Waals surface area contributed by atoms with Gasteiger partial charge in [-0.2, -0.15) is 0 Å². The van der Waals surface area contributed by atoms with Crippen molar-refractivity contribution in [2.24, 2.45) is 0 Å². The number of hydrogen-bond donors (Lipinski definition) is 0. The molecule has 1 heterocycles. The van der Waals surface area contributed by atoms with Crippen molar-refractivity contribution in [3.63, 3.8) is 0 Å². The summed E-state index contributed by atoms with van der Waals surface area (Å²) in [5.41, 5.74) is 0. The van der Waals surface area contributed by atoms with Crippen molar-refractivity contribution in [1.29, 1.82) is 0 Å². The van der Waals surface area contributed by atoms with Gasteiger partial charge < -0.3 is 0 Å². The van der Waals surface area contributed by atoms with Crippen molar-refractivity contribution in [3.8, 4) is 0 Å². The summed E-state index contributed by atoms with van der Waals surface area (Å²) in [7, 11) is -2.70. The second kappa shape index (κ2) is 4.98. The standard InChI is InChI=1S/C18H18NOP/c20-21(15-9-3-1-4-10-15,16-11-5-2-6-12-16)19-17-13-7-8-14-18(17)19/h1-12,17-18H,13-14H2. The molecule has 2 aromatic rings. The molecule has 0 radical (unpaired) electrons. The predicted octanol–water partition coefficient (Wildman–Crippen LogP) is 3.32. The summed E-state index contributed by atoms with van der Waals surface area (Å²) >= 11 is 0. The molecule has 2 unspecified atom stereocenters. The van der Waals surface area contributed by atoms with Crippen molar-refractivity contribution in [2.75, 3.05) is 0 Å². The van der Waals surface area contributed by atoms with Gasteiger partial charge in [0, 0.05) is 22.7 Å². The summed E-state index contributed by atoms with van der Waals surface area (Å²) in [5, 5.41) is 1.90. The second-order valence-corrected chi connectivity index (χ2v) is 8.35. The molecule has 0 bridgehead atoms. The first-order valence-electron chi connectivity index (χ1n) is 7.47. The normalized spacial score (nSPS) is 27.1. The average Bonchev–Trinajstić information content (AvgIpc) is 3.31. The third-order valence-corrected chi connectivity index (χ3v) is 7.73. The van der Waals surface area contributed by atoms with Crippen molar-refractivity contribution in [1.82, 2.24) is 4.67 Å². The van der Waals surface area contributed by atoms with Crippen LogP contribution in [-0.2, 0) is 4.57 Å². The third-order valence-electron chi connectivity index (χ3n) is 4.49. The van der Waals surface area contributed by atoms with Crippen molar-refractivity contribution >= 4 is 17.9 Å². The van der Waals surface area contributed by atoms with Gasteiger partial charge in [-0.15, -0.1) is 0 Å². The number of benzene rings is 2. The first kappa shape index (κ1) is 13.1. The molecule has 2 nitrogen and oxygen atoms in total. The molecule has 4 rings (SSSR count). The highest BCUT2D eigenvalue weighted by Crippen LogP contribution is 2.60. The zero-order chi connectivity index (χ0) is 14.3. The maximum atomic E-state index is 14.0. The minimum Gasteiger partial charge on any atom is -0.296 e. The number of nitrogens with zero attached hydrogens (tertiary/aromatic N) is 1. The van der Waals surface area contributed by atoms with Gasteiger partial charge in [0.15, 0.2) is 0 Å². The highest BCUT2D eigenvalue weighted by atomic mass is 31.2. The van der Waals surface area contributed by atoms with Crippen LogP contribution >= 0.6 is 7.29 Å². The molecule has 1 fully saturated rings. The topological polar surface area (TPSA) is 20.1 Å². The maximum Gasteiger partial charge on any atom is 0.207 e. The van der Waals surface area contributed by atoms with Gasteiger partial charge in [0.25, 0.3) is 0 Å². The van der Waals surface area contributed by atoms with Crippen molar-refractivity contribution in [3.05, 3.63) is 72.8 Å². The number of rotatable bonds is 3. The molecule has 21 heavy (non-hydrogen) atoms. The molecule has 1 aliphatic carbocycles. The Balaban J connectivity index is 1.83. The molecule has 2 aliphatic rings. The minimum absolute atomic E-state index is 0.446. The number of hydrogen-bond acceptors (Lipinski definition) is 1. The SMILES string of the molecule is O=P(c1ccccc1)(c1ccccc1)N1C2CC=CCC21. The largest absolute Gasteiger partial charge is 0.296 e. The van der Waals surface area contributed by atoms with Gasteiger partial charge in [-0.25, -0.2) is 4.67 Å². The molecule has 0 spiro atoms. The smallest absolute Gasteiger partial charge is 0.207 e. The molecule has 0 N–H and O–H groups in total. The molecular weight excluding hydrogens is 277 g/mol. The van der Waals surface area contributed by atoms with E-state index in [4.69, 9.17) is 0 Å². The van der Waals surface area contributed by atoms with Crippen LogP contribution in [-0.4, -0.2) is 16.8 Å². The molecule has 1 aliphatic heterocycles.